The third-order valence-corrected chi connectivity index (χ3v) is 21.4. The quantitative estimate of drug-likeness (QED) is 0.0965. The molecule has 0 aliphatic heterocycles. The van der Waals surface area contributed by atoms with E-state index in [9.17, 15) is 0 Å². The molecule has 0 atom stereocenters. The van der Waals surface area contributed by atoms with Crippen molar-refractivity contribution in [3.05, 3.63) is 449 Å². The summed E-state index contributed by atoms with van der Waals surface area (Å²) in [6.45, 7) is 0. The van der Waals surface area contributed by atoms with Gasteiger partial charge in [-0.15, -0.1) is 0 Å². The van der Waals surface area contributed by atoms with E-state index >= 15 is 0 Å². The molecule has 112 heavy (non-hydrogen) atoms. The molecule has 20 rings (SSSR count). The van der Waals surface area contributed by atoms with E-state index in [0.29, 0.717) is 0 Å². The van der Waals surface area contributed by atoms with Gasteiger partial charge < -0.3 is 18.6 Å². The van der Waals surface area contributed by atoms with E-state index in [-0.39, 0.29) is 0 Å². The molecule has 0 aliphatic carbocycles. The average molecular weight is 1430 g/mol. The first-order chi connectivity index (χ1) is 55.5. The van der Waals surface area contributed by atoms with Crippen LogP contribution in [-0.2, 0) is 0 Å². The number of rotatable bonds is 16. The fraction of sp³-hybridized carbons (Fsp3) is 0. The Morgan fingerprint density at radius 1 is 0.143 bits per heavy atom. The van der Waals surface area contributed by atoms with Crippen LogP contribution in [0.3, 0.4) is 0 Å². The fourth-order valence-electron chi connectivity index (χ4n) is 15.7. The van der Waals surface area contributed by atoms with Crippen molar-refractivity contribution in [2.75, 3.05) is 9.80 Å². The lowest BCUT2D eigenvalue weighted by Crippen LogP contribution is -2.11. The van der Waals surface area contributed by atoms with Crippen LogP contribution in [0, 0.1) is 0 Å². The Kier molecular flexibility index (Phi) is 18.4. The summed E-state index contributed by atoms with van der Waals surface area (Å²) in [6.07, 6.45) is 0. The van der Waals surface area contributed by atoms with Crippen LogP contribution in [0.25, 0.3) is 155 Å². The van der Waals surface area contributed by atoms with Crippen LogP contribution in [0.1, 0.15) is 0 Å². The summed E-state index contributed by atoms with van der Waals surface area (Å²) in [7, 11) is 0. The second-order valence-electron chi connectivity index (χ2n) is 28.3. The molecule has 0 saturated carbocycles. The Bertz CT molecular complexity index is 6630. The maximum atomic E-state index is 6.62. The van der Waals surface area contributed by atoms with Crippen molar-refractivity contribution in [1.29, 1.82) is 0 Å². The van der Waals surface area contributed by atoms with E-state index in [4.69, 9.17) is 8.83 Å². The van der Waals surface area contributed by atoms with Crippen LogP contribution < -0.4 is 9.80 Å². The van der Waals surface area contributed by atoms with E-state index in [0.717, 1.165) is 117 Å². The van der Waals surface area contributed by atoms with Crippen LogP contribution >= 0.6 is 0 Å². The second kappa shape index (κ2) is 30.4. The smallest absolute Gasteiger partial charge is 0.143 e. The lowest BCUT2D eigenvalue weighted by molar-refractivity contribution is 0.669. The molecule has 0 radical (unpaired) electrons. The topological polar surface area (TPSA) is 32.8 Å². The molecule has 0 spiro atoms. The zero-order valence-corrected chi connectivity index (χ0v) is 61.4. The standard InChI is InChI=1S/2C54H37NO/c1-4-14-38(15-5-1)40-24-26-42(27-25-40)45-36-50(54-51(37-45)49-21-11-13-23-53(49)56-54)44-30-34-47(35-31-44)55(46-32-28-41(29-33-46)39-16-6-2-7-17-39)52-22-12-10-20-48(52)43-18-8-3-9-19-43;1-4-12-38(13-5-1)40-20-22-42(23-21-40)43-28-32-48(33-29-43)55(47-16-8-3-9-17-47)49-34-30-45(31-35-49)51-36-46(37-52-50-18-10-11-19-53(50)56-54(51)52)44-26-24-41(25-27-44)39-14-6-2-7-15-39/h2*1-37H. The van der Waals surface area contributed by atoms with Crippen molar-refractivity contribution >= 4 is 78.0 Å². The second-order valence-corrected chi connectivity index (χ2v) is 28.3. The maximum absolute atomic E-state index is 6.62. The molecular weight excluding hydrogens is 1360 g/mol. The molecular formula is C108H74N2O2. The van der Waals surface area contributed by atoms with Gasteiger partial charge >= 0.3 is 0 Å². The van der Waals surface area contributed by atoms with Crippen molar-refractivity contribution in [2.45, 2.75) is 0 Å². The molecule has 18 aromatic carbocycles. The largest absolute Gasteiger partial charge is 0.455 e. The monoisotopic (exact) mass is 1430 g/mol. The third kappa shape index (κ3) is 13.7. The van der Waals surface area contributed by atoms with Crippen molar-refractivity contribution < 1.29 is 8.83 Å². The van der Waals surface area contributed by atoms with Crippen LogP contribution in [0.2, 0.25) is 0 Å². The highest BCUT2D eigenvalue weighted by Gasteiger charge is 2.22. The van der Waals surface area contributed by atoms with Gasteiger partial charge in [-0.05, 0) is 198 Å². The molecule has 0 bridgehead atoms. The molecule has 0 amide bonds. The zero-order valence-electron chi connectivity index (χ0n) is 61.4. The average Bonchev–Trinajstić information content (AvgIpc) is 1.62. The highest BCUT2D eigenvalue weighted by molar-refractivity contribution is 6.13. The molecule has 0 aliphatic rings. The predicted octanol–water partition coefficient (Wildman–Crippen LogP) is 30.8. The highest BCUT2D eigenvalue weighted by atomic mass is 16.3. The number of furan rings is 2. The summed E-state index contributed by atoms with van der Waals surface area (Å²) in [5.74, 6) is 0. The van der Waals surface area contributed by atoms with Crippen molar-refractivity contribution in [2.24, 2.45) is 0 Å². The minimum Gasteiger partial charge on any atom is -0.455 e. The van der Waals surface area contributed by atoms with Gasteiger partial charge in [-0.1, -0.05) is 346 Å². The Balaban J connectivity index is 0.000000151. The first kappa shape index (κ1) is 67.7. The lowest BCUT2D eigenvalue weighted by atomic mass is 9.94. The molecule has 0 fully saturated rings. The Hall–Kier alpha value is -14.8. The van der Waals surface area contributed by atoms with E-state index in [1.165, 1.54) is 72.3 Å². The first-order valence-corrected chi connectivity index (χ1v) is 38.2. The number of para-hydroxylation sites is 4. The normalized spacial score (nSPS) is 11.2. The number of anilines is 6. The number of hydrogen-bond acceptors (Lipinski definition) is 4. The molecule has 0 saturated heterocycles. The zero-order chi connectivity index (χ0) is 74.5. The molecule has 4 heteroatoms. The van der Waals surface area contributed by atoms with Gasteiger partial charge in [0.25, 0.3) is 0 Å². The van der Waals surface area contributed by atoms with Crippen LogP contribution in [0.15, 0.2) is 458 Å². The van der Waals surface area contributed by atoms with E-state index in [1.54, 1.807) is 0 Å². The highest BCUT2D eigenvalue weighted by Crippen LogP contribution is 2.47. The molecule has 0 N–H and O–H groups in total. The summed E-state index contributed by atoms with van der Waals surface area (Å²) in [6, 6.07) is 160. The minimum absolute atomic E-state index is 0.889. The van der Waals surface area contributed by atoms with E-state index < -0.39 is 0 Å². The van der Waals surface area contributed by atoms with Crippen LogP contribution in [0.5, 0.6) is 0 Å². The van der Waals surface area contributed by atoms with Crippen LogP contribution in [-0.4, -0.2) is 0 Å². The van der Waals surface area contributed by atoms with Gasteiger partial charge in [0.15, 0.2) is 0 Å². The Labute approximate surface area is 652 Å². The van der Waals surface area contributed by atoms with Gasteiger partial charge in [0, 0.05) is 66.7 Å². The van der Waals surface area contributed by atoms with E-state index in [2.05, 4.69) is 447 Å². The van der Waals surface area contributed by atoms with Gasteiger partial charge in [-0.3, -0.25) is 0 Å². The number of fused-ring (bicyclic) bond motifs is 6. The Morgan fingerprint density at radius 2 is 0.375 bits per heavy atom. The first-order valence-electron chi connectivity index (χ1n) is 38.2. The molecule has 528 valence electrons. The molecule has 0 unspecified atom stereocenters. The third-order valence-electron chi connectivity index (χ3n) is 21.4. The SMILES string of the molecule is c1ccc(-c2ccc(-c3cc(-c4ccc(N(c5ccc(-c6ccccc6)cc5)c5ccccc5-c5ccccc5)cc4)c4oc5ccccc5c4c3)cc2)cc1.c1ccc(-c2ccc(-c3ccc(N(c4ccccc4)c4ccc(-c5cc(-c6ccc(-c7ccccc7)cc6)cc6c5oc5ccccc56)cc4)cc3)cc2)cc1. The molecule has 20 aromatic rings. The van der Waals surface area contributed by atoms with Gasteiger partial charge in [0.05, 0.1) is 5.69 Å². The summed E-state index contributed by atoms with van der Waals surface area (Å²) in [5, 5.41) is 4.46. The van der Waals surface area contributed by atoms with Crippen LogP contribution in [0.4, 0.5) is 34.1 Å². The summed E-state index contributed by atoms with van der Waals surface area (Å²) >= 11 is 0. The predicted molar refractivity (Wildman–Crippen MR) is 471 cm³/mol. The molecule has 2 heterocycles. The van der Waals surface area contributed by atoms with Gasteiger partial charge in [-0.25, -0.2) is 0 Å². The summed E-state index contributed by atoms with van der Waals surface area (Å²) in [5.41, 5.74) is 33.4. The fourth-order valence-corrected chi connectivity index (χ4v) is 15.7. The van der Waals surface area contributed by atoms with E-state index in [1.807, 2.05) is 12.1 Å². The number of benzene rings is 18. The van der Waals surface area contributed by atoms with Gasteiger partial charge in [0.1, 0.15) is 22.3 Å². The number of hydrogen-bond donors (Lipinski definition) is 0. The lowest BCUT2D eigenvalue weighted by Gasteiger charge is -2.28. The van der Waals surface area contributed by atoms with Gasteiger partial charge in [-0.2, -0.15) is 0 Å². The maximum Gasteiger partial charge on any atom is 0.143 e. The van der Waals surface area contributed by atoms with Gasteiger partial charge in [0.2, 0.25) is 0 Å². The summed E-state index contributed by atoms with van der Waals surface area (Å²) < 4.78 is 13.2. The Morgan fingerprint density at radius 3 is 0.723 bits per heavy atom. The van der Waals surface area contributed by atoms with Crippen molar-refractivity contribution in [3.8, 4) is 111 Å². The molecule has 2 aromatic heterocycles. The van der Waals surface area contributed by atoms with Crippen molar-refractivity contribution in [1.82, 2.24) is 0 Å². The minimum atomic E-state index is 0.889. The molecule has 4 nitrogen and oxygen atoms in total. The summed E-state index contributed by atoms with van der Waals surface area (Å²) in [4.78, 5) is 4.68. The number of nitrogens with zero attached hydrogens (tertiary/aromatic N) is 2. The van der Waals surface area contributed by atoms with Crippen molar-refractivity contribution in [3.63, 3.8) is 0 Å².